The van der Waals surface area contributed by atoms with Gasteiger partial charge in [-0.3, -0.25) is 0 Å². The molecule has 1 atom stereocenters. The average Bonchev–Trinajstić information content (AvgIpc) is 2.29. The summed E-state index contributed by atoms with van der Waals surface area (Å²) in [4.78, 5) is 8.71. The number of ether oxygens (including phenoxy) is 1. The summed E-state index contributed by atoms with van der Waals surface area (Å²) in [6.07, 6.45) is 1.75. The molecule has 0 radical (unpaired) electrons. The molecule has 0 spiro atoms. The van der Waals surface area contributed by atoms with E-state index < -0.39 is 0 Å². The van der Waals surface area contributed by atoms with Crippen molar-refractivity contribution in [3.63, 3.8) is 0 Å². The summed E-state index contributed by atoms with van der Waals surface area (Å²) in [6.45, 7) is 4.60. The molecule has 0 fully saturated rings. The molecular weight excluding hydrogens is 238 g/mol. The Balaban J connectivity index is 2.73. The smallest absolute Gasteiger partial charge is 0.130 e. The van der Waals surface area contributed by atoms with Gasteiger partial charge in [-0.2, -0.15) is 0 Å². The van der Waals surface area contributed by atoms with Crippen molar-refractivity contribution < 1.29 is 4.74 Å². The van der Waals surface area contributed by atoms with Gasteiger partial charge in [0.25, 0.3) is 0 Å². The van der Waals surface area contributed by atoms with Crippen LogP contribution in [0.3, 0.4) is 0 Å². The number of aromatic nitrogens is 2. The summed E-state index contributed by atoms with van der Waals surface area (Å²) in [6, 6.07) is 2.17. The van der Waals surface area contributed by atoms with E-state index in [2.05, 4.69) is 22.2 Å². The molecule has 17 heavy (non-hydrogen) atoms. The molecule has 1 rings (SSSR count). The van der Waals surface area contributed by atoms with E-state index in [1.165, 1.54) is 0 Å². The number of methoxy groups -OCH3 is 1. The predicted molar refractivity (Wildman–Crippen MR) is 70.8 cm³/mol. The summed E-state index contributed by atoms with van der Waals surface area (Å²) >= 11 is 5.76. The van der Waals surface area contributed by atoms with E-state index >= 15 is 0 Å². The van der Waals surface area contributed by atoms with Crippen molar-refractivity contribution in [3.8, 4) is 0 Å². The third-order valence-corrected chi connectivity index (χ3v) is 2.65. The minimum absolute atomic E-state index is 0.191. The van der Waals surface area contributed by atoms with Crippen LogP contribution >= 0.6 is 11.6 Å². The number of rotatable bonds is 7. The van der Waals surface area contributed by atoms with Crippen molar-refractivity contribution in [2.45, 2.75) is 32.7 Å². The highest BCUT2D eigenvalue weighted by atomic mass is 35.5. The average molecular weight is 258 g/mol. The lowest BCUT2D eigenvalue weighted by Gasteiger charge is -2.17. The van der Waals surface area contributed by atoms with E-state index in [4.69, 9.17) is 16.3 Å². The van der Waals surface area contributed by atoms with Gasteiger partial charge in [-0.05, 0) is 19.8 Å². The zero-order valence-corrected chi connectivity index (χ0v) is 11.4. The largest absolute Gasteiger partial charge is 0.383 e. The topological polar surface area (TPSA) is 47.0 Å². The Morgan fingerprint density at radius 3 is 2.82 bits per heavy atom. The minimum atomic E-state index is 0.191. The molecule has 0 saturated heterocycles. The number of hydrogen-bond donors (Lipinski definition) is 1. The summed E-state index contributed by atoms with van der Waals surface area (Å²) < 4.78 is 5.15. The number of alkyl halides is 1. The number of nitrogens with zero attached hydrogens (tertiary/aromatic N) is 2. The lowest BCUT2D eigenvalue weighted by molar-refractivity contribution is 0.184. The van der Waals surface area contributed by atoms with Crippen LogP contribution in [0.1, 0.15) is 24.9 Å². The molecule has 0 saturated carbocycles. The van der Waals surface area contributed by atoms with Crippen LogP contribution in [-0.4, -0.2) is 35.6 Å². The lowest BCUT2D eigenvalue weighted by atomic mass is 10.2. The number of hydrogen-bond acceptors (Lipinski definition) is 4. The summed E-state index contributed by atoms with van der Waals surface area (Å²) in [5.74, 6) is 2.24. The van der Waals surface area contributed by atoms with Crippen LogP contribution in [0.2, 0.25) is 0 Å². The normalized spacial score (nSPS) is 12.5. The van der Waals surface area contributed by atoms with Crippen molar-refractivity contribution >= 4 is 17.4 Å². The number of aryl methyl sites for hydroxylation is 2. The van der Waals surface area contributed by atoms with Gasteiger partial charge in [0.2, 0.25) is 0 Å². The second-order valence-corrected chi connectivity index (χ2v) is 4.30. The van der Waals surface area contributed by atoms with Gasteiger partial charge in [0.05, 0.1) is 12.6 Å². The van der Waals surface area contributed by atoms with Crippen LogP contribution in [-0.2, 0) is 11.2 Å². The fourth-order valence-electron chi connectivity index (χ4n) is 1.62. The van der Waals surface area contributed by atoms with Gasteiger partial charge >= 0.3 is 0 Å². The molecule has 4 nitrogen and oxygen atoms in total. The van der Waals surface area contributed by atoms with Crippen molar-refractivity contribution in [2.75, 3.05) is 24.9 Å². The molecule has 1 aromatic rings. The summed E-state index contributed by atoms with van der Waals surface area (Å²) in [7, 11) is 1.69. The molecule has 1 unspecified atom stereocenters. The van der Waals surface area contributed by atoms with Crippen LogP contribution < -0.4 is 5.32 Å². The zero-order chi connectivity index (χ0) is 12.7. The van der Waals surface area contributed by atoms with Crippen LogP contribution in [0.15, 0.2) is 6.07 Å². The second kappa shape index (κ2) is 7.45. The molecule has 0 amide bonds. The first-order chi connectivity index (χ1) is 8.19. The SMILES string of the molecule is CCc1cc(NC(CCCl)COC)nc(C)n1. The molecule has 0 aliphatic rings. The maximum atomic E-state index is 5.76. The Morgan fingerprint density at radius 2 is 2.24 bits per heavy atom. The van der Waals surface area contributed by atoms with Gasteiger partial charge < -0.3 is 10.1 Å². The lowest BCUT2D eigenvalue weighted by Crippen LogP contribution is -2.26. The Kier molecular flexibility index (Phi) is 6.22. The maximum Gasteiger partial charge on any atom is 0.130 e. The molecular formula is C12H20ClN3O. The zero-order valence-electron chi connectivity index (χ0n) is 10.7. The van der Waals surface area contributed by atoms with Crippen molar-refractivity contribution in [3.05, 3.63) is 17.6 Å². The van der Waals surface area contributed by atoms with Crippen molar-refractivity contribution in [1.29, 1.82) is 0 Å². The molecule has 1 N–H and O–H groups in total. The molecule has 96 valence electrons. The van der Waals surface area contributed by atoms with Crippen molar-refractivity contribution in [2.24, 2.45) is 0 Å². The predicted octanol–water partition coefficient (Wildman–Crippen LogP) is 2.40. The molecule has 1 aromatic heterocycles. The second-order valence-electron chi connectivity index (χ2n) is 3.92. The summed E-state index contributed by atoms with van der Waals surface area (Å²) in [5, 5.41) is 3.34. The van der Waals surface area contributed by atoms with Gasteiger partial charge in [0.15, 0.2) is 0 Å². The van der Waals surface area contributed by atoms with E-state index in [0.29, 0.717) is 12.5 Å². The Labute approximate surface area is 108 Å². The van der Waals surface area contributed by atoms with Crippen molar-refractivity contribution in [1.82, 2.24) is 9.97 Å². The molecule has 0 aliphatic carbocycles. The number of halogens is 1. The Hall–Kier alpha value is -0.870. The molecule has 0 aromatic carbocycles. The molecule has 1 heterocycles. The molecule has 0 aliphatic heterocycles. The van der Waals surface area contributed by atoms with Gasteiger partial charge in [-0.1, -0.05) is 6.92 Å². The highest BCUT2D eigenvalue weighted by Crippen LogP contribution is 2.10. The first-order valence-corrected chi connectivity index (χ1v) is 6.39. The monoisotopic (exact) mass is 257 g/mol. The molecule has 0 bridgehead atoms. The quantitative estimate of drug-likeness (QED) is 0.762. The summed E-state index contributed by atoms with van der Waals surface area (Å²) in [5.41, 5.74) is 1.04. The van der Waals surface area contributed by atoms with Gasteiger partial charge in [0, 0.05) is 24.8 Å². The van der Waals surface area contributed by atoms with Crippen LogP contribution in [0.5, 0.6) is 0 Å². The highest BCUT2D eigenvalue weighted by molar-refractivity contribution is 6.17. The van der Waals surface area contributed by atoms with Gasteiger partial charge in [-0.15, -0.1) is 11.6 Å². The minimum Gasteiger partial charge on any atom is -0.383 e. The standard InChI is InChI=1S/C12H20ClN3O/c1-4-10-7-12(15-9(2)14-10)16-11(5-6-13)8-17-3/h7,11H,4-6,8H2,1-3H3,(H,14,15,16). The maximum absolute atomic E-state index is 5.76. The Morgan fingerprint density at radius 1 is 1.47 bits per heavy atom. The van der Waals surface area contributed by atoms with E-state index in [1.54, 1.807) is 7.11 Å². The van der Waals surface area contributed by atoms with E-state index in [1.807, 2.05) is 13.0 Å². The first kappa shape index (κ1) is 14.2. The third kappa shape index (κ3) is 4.88. The first-order valence-electron chi connectivity index (χ1n) is 5.85. The van der Waals surface area contributed by atoms with E-state index in [9.17, 15) is 0 Å². The van der Waals surface area contributed by atoms with Crippen LogP contribution in [0.4, 0.5) is 5.82 Å². The number of anilines is 1. The van der Waals surface area contributed by atoms with Crippen LogP contribution in [0, 0.1) is 6.92 Å². The third-order valence-electron chi connectivity index (χ3n) is 2.43. The Bertz CT molecular complexity index is 341. The fraction of sp³-hybridized carbons (Fsp3) is 0.667. The van der Waals surface area contributed by atoms with E-state index in [0.717, 1.165) is 30.2 Å². The number of nitrogens with one attached hydrogen (secondary N) is 1. The highest BCUT2D eigenvalue weighted by Gasteiger charge is 2.09. The molecule has 5 heteroatoms. The van der Waals surface area contributed by atoms with E-state index in [-0.39, 0.29) is 6.04 Å². The van der Waals surface area contributed by atoms with Gasteiger partial charge in [0.1, 0.15) is 11.6 Å². The fourth-order valence-corrected chi connectivity index (χ4v) is 1.89. The van der Waals surface area contributed by atoms with Crippen LogP contribution in [0.25, 0.3) is 0 Å². The van der Waals surface area contributed by atoms with Gasteiger partial charge in [-0.25, -0.2) is 9.97 Å².